The van der Waals surface area contributed by atoms with Gasteiger partial charge in [0.1, 0.15) is 0 Å². The summed E-state index contributed by atoms with van der Waals surface area (Å²) in [6.07, 6.45) is 6.89. The van der Waals surface area contributed by atoms with E-state index in [0.717, 1.165) is 25.4 Å². The van der Waals surface area contributed by atoms with Crippen molar-refractivity contribution in [3.8, 4) is 11.1 Å². The number of ether oxygens (including phenoxy) is 1. The van der Waals surface area contributed by atoms with Crippen molar-refractivity contribution in [1.82, 2.24) is 15.5 Å². The molecule has 2 aliphatic rings. The van der Waals surface area contributed by atoms with Crippen molar-refractivity contribution in [1.29, 1.82) is 0 Å². The van der Waals surface area contributed by atoms with E-state index in [1.807, 2.05) is 12.3 Å². The lowest BCUT2D eigenvalue weighted by Gasteiger charge is -2.35. The smallest absolute Gasteiger partial charge is 0.0812 e. The molecule has 4 rings (SSSR count). The number of nitrogens with one attached hydrogen (secondary N) is 2. The zero-order valence-corrected chi connectivity index (χ0v) is 13.8. The molecule has 23 heavy (non-hydrogen) atoms. The van der Waals surface area contributed by atoms with Crippen molar-refractivity contribution < 1.29 is 4.74 Å². The molecule has 4 heteroatoms. The average Bonchev–Trinajstić information content (AvgIpc) is 3.11. The Bertz CT molecular complexity index is 668. The van der Waals surface area contributed by atoms with E-state index in [9.17, 15) is 0 Å². The van der Waals surface area contributed by atoms with Crippen molar-refractivity contribution in [2.24, 2.45) is 5.41 Å². The number of aromatic amines is 1. The molecule has 2 aromatic rings. The second-order valence-electron chi connectivity index (χ2n) is 7.54. The fraction of sp³-hybridized carbons (Fsp3) is 0.526. The van der Waals surface area contributed by atoms with E-state index in [-0.39, 0.29) is 5.60 Å². The Kier molecular flexibility index (Phi) is 3.74. The van der Waals surface area contributed by atoms with Gasteiger partial charge in [-0.05, 0) is 36.7 Å². The van der Waals surface area contributed by atoms with Crippen LogP contribution < -0.4 is 5.32 Å². The first-order chi connectivity index (χ1) is 11.2. The number of H-pyrrole nitrogens is 1. The van der Waals surface area contributed by atoms with E-state index < -0.39 is 0 Å². The Labute approximate surface area is 137 Å². The highest BCUT2D eigenvalue weighted by Gasteiger charge is 2.49. The van der Waals surface area contributed by atoms with Gasteiger partial charge in [-0.3, -0.25) is 5.10 Å². The van der Waals surface area contributed by atoms with Crippen molar-refractivity contribution >= 4 is 0 Å². The molecule has 2 N–H and O–H groups in total. The first-order valence-corrected chi connectivity index (χ1v) is 8.61. The highest BCUT2D eigenvalue weighted by molar-refractivity contribution is 5.64. The Morgan fingerprint density at radius 3 is 3.00 bits per heavy atom. The summed E-state index contributed by atoms with van der Waals surface area (Å²) in [6, 6.07) is 10.4. The summed E-state index contributed by atoms with van der Waals surface area (Å²) in [7, 11) is 0. The highest BCUT2D eigenvalue weighted by atomic mass is 16.5. The van der Waals surface area contributed by atoms with E-state index in [4.69, 9.17) is 4.74 Å². The summed E-state index contributed by atoms with van der Waals surface area (Å²) in [5.74, 6) is 0. The van der Waals surface area contributed by atoms with Gasteiger partial charge in [0.05, 0.1) is 24.1 Å². The molecule has 1 aliphatic heterocycles. The third-order valence-corrected chi connectivity index (χ3v) is 5.44. The van der Waals surface area contributed by atoms with Gasteiger partial charge in [-0.2, -0.15) is 5.10 Å². The average molecular weight is 311 g/mol. The lowest BCUT2D eigenvalue weighted by molar-refractivity contribution is -0.00110. The first-order valence-electron chi connectivity index (χ1n) is 8.61. The second-order valence-corrected chi connectivity index (χ2v) is 7.54. The standard InChI is InChI=1S/C19H25N3O/c1-18-8-5-9-19(12-18,23-14-18)13-20-11-17-16(10-21-22-17)15-6-3-2-4-7-15/h2-4,6-7,10,20H,5,8-9,11-14H2,1H3,(H,21,22). The molecule has 1 saturated carbocycles. The van der Waals surface area contributed by atoms with E-state index >= 15 is 0 Å². The maximum Gasteiger partial charge on any atom is 0.0812 e. The summed E-state index contributed by atoms with van der Waals surface area (Å²) in [5.41, 5.74) is 3.99. The van der Waals surface area contributed by atoms with Gasteiger partial charge in [0.15, 0.2) is 0 Å². The third kappa shape index (κ3) is 2.93. The quantitative estimate of drug-likeness (QED) is 0.888. The Morgan fingerprint density at radius 2 is 2.13 bits per heavy atom. The fourth-order valence-electron chi connectivity index (χ4n) is 4.30. The molecule has 2 fully saturated rings. The Balaban J connectivity index is 1.40. The van der Waals surface area contributed by atoms with Crippen molar-refractivity contribution in [3.63, 3.8) is 0 Å². The number of nitrogens with zero attached hydrogens (tertiary/aromatic N) is 1. The molecule has 4 nitrogen and oxygen atoms in total. The number of aromatic nitrogens is 2. The largest absolute Gasteiger partial charge is 0.373 e. The summed E-state index contributed by atoms with van der Waals surface area (Å²) in [6.45, 7) is 5.02. The van der Waals surface area contributed by atoms with Crippen molar-refractivity contribution in [3.05, 3.63) is 42.2 Å². The van der Waals surface area contributed by atoms with Crippen LogP contribution in [0.5, 0.6) is 0 Å². The summed E-state index contributed by atoms with van der Waals surface area (Å²) >= 11 is 0. The molecule has 2 atom stereocenters. The van der Waals surface area contributed by atoms with E-state index in [1.165, 1.54) is 36.8 Å². The first kappa shape index (κ1) is 14.9. The SMILES string of the molecule is CC12CCCC(CNCc3[nH]ncc3-c3ccccc3)(C1)OC2. The van der Waals surface area contributed by atoms with Gasteiger partial charge in [0.25, 0.3) is 0 Å². The normalized spacial score (nSPS) is 29.8. The minimum atomic E-state index is 0.0555. The molecule has 2 unspecified atom stereocenters. The number of hydrogen-bond acceptors (Lipinski definition) is 3. The molecule has 1 aromatic heterocycles. The zero-order chi connectivity index (χ0) is 15.8. The van der Waals surface area contributed by atoms with Crippen molar-refractivity contribution in [2.45, 2.75) is 44.8 Å². The monoisotopic (exact) mass is 311 g/mol. The van der Waals surface area contributed by atoms with Crippen molar-refractivity contribution in [2.75, 3.05) is 13.2 Å². The van der Waals surface area contributed by atoms with Gasteiger partial charge in [-0.1, -0.05) is 37.3 Å². The second kappa shape index (κ2) is 5.77. The topological polar surface area (TPSA) is 49.9 Å². The molecule has 1 aromatic carbocycles. The minimum absolute atomic E-state index is 0.0555. The maximum absolute atomic E-state index is 6.21. The number of rotatable bonds is 5. The molecule has 1 aliphatic carbocycles. The Morgan fingerprint density at radius 1 is 1.26 bits per heavy atom. The summed E-state index contributed by atoms with van der Waals surface area (Å²) < 4.78 is 6.21. The predicted molar refractivity (Wildman–Crippen MR) is 91.0 cm³/mol. The molecule has 2 bridgehead atoms. The van der Waals surface area contributed by atoms with Crippen LogP contribution in [0.15, 0.2) is 36.5 Å². The van der Waals surface area contributed by atoms with Crippen LogP contribution in [0.4, 0.5) is 0 Å². The lowest BCUT2D eigenvalue weighted by Crippen LogP contribution is -2.42. The van der Waals surface area contributed by atoms with E-state index in [2.05, 4.69) is 46.7 Å². The summed E-state index contributed by atoms with van der Waals surface area (Å²) in [4.78, 5) is 0. The van der Waals surface area contributed by atoms with E-state index in [0.29, 0.717) is 5.41 Å². The molecule has 0 spiro atoms. The molecule has 0 amide bonds. The number of benzene rings is 1. The van der Waals surface area contributed by atoms with Crippen LogP contribution in [0.25, 0.3) is 11.1 Å². The van der Waals surface area contributed by atoms with Crippen LogP contribution in [0.3, 0.4) is 0 Å². The number of fused-ring (bicyclic) bond motifs is 2. The van der Waals surface area contributed by atoms with Crippen LogP contribution in [0, 0.1) is 5.41 Å². The van der Waals surface area contributed by atoms with Gasteiger partial charge in [-0.25, -0.2) is 0 Å². The minimum Gasteiger partial charge on any atom is -0.373 e. The van der Waals surface area contributed by atoms with Crippen LogP contribution in [0.1, 0.15) is 38.3 Å². The highest BCUT2D eigenvalue weighted by Crippen LogP contribution is 2.49. The van der Waals surface area contributed by atoms with Crippen LogP contribution in [-0.2, 0) is 11.3 Å². The molecular weight excluding hydrogens is 286 g/mol. The Hall–Kier alpha value is -1.65. The lowest BCUT2D eigenvalue weighted by atomic mass is 9.72. The maximum atomic E-state index is 6.21. The third-order valence-electron chi connectivity index (χ3n) is 5.44. The van der Waals surface area contributed by atoms with Gasteiger partial charge < -0.3 is 10.1 Å². The van der Waals surface area contributed by atoms with Gasteiger partial charge in [-0.15, -0.1) is 0 Å². The number of hydrogen-bond donors (Lipinski definition) is 2. The predicted octanol–water partition coefficient (Wildman–Crippen LogP) is 3.52. The van der Waals surface area contributed by atoms with E-state index in [1.54, 1.807) is 0 Å². The molecular formula is C19H25N3O. The van der Waals surface area contributed by atoms with Gasteiger partial charge >= 0.3 is 0 Å². The fourth-order valence-corrected chi connectivity index (χ4v) is 4.30. The van der Waals surface area contributed by atoms with Gasteiger partial charge in [0.2, 0.25) is 0 Å². The van der Waals surface area contributed by atoms with Crippen LogP contribution in [0.2, 0.25) is 0 Å². The van der Waals surface area contributed by atoms with Gasteiger partial charge in [0, 0.05) is 18.7 Å². The van der Waals surface area contributed by atoms with Crippen LogP contribution >= 0.6 is 0 Å². The molecule has 1 saturated heterocycles. The van der Waals surface area contributed by atoms with Crippen LogP contribution in [-0.4, -0.2) is 29.0 Å². The molecule has 0 radical (unpaired) electrons. The molecule has 2 heterocycles. The molecule has 122 valence electrons. The summed E-state index contributed by atoms with van der Waals surface area (Å²) in [5, 5.41) is 11.0. The zero-order valence-electron chi connectivity index (χ0n) is 13.8.